The van der Waals surface area contributed by atoms with Gasteiger partial charge in [0, 0.05) is 37.5 Å². The molecule has 240 valence electrons. The molecule has 7 heteroatoms. The van der Waals surface area contributed by atoms with Gasteiger partial charge in [-0.25, -0.2) is 0 Å². The van der Waals surface area contributed by atoms with Gasteiger partial charge in [0.25, 0.3) is 0 Å². The standard InChI is InChI=1S/C37H51NO6/c1-24(2)18-31(21-28-12-7-10-26(5)19-28)36(42)38-33(22-29-13-8-11-27(6)20-29)35(41)23-30(37(43)44)14-9-15-32(39)16-17-34(40)25(3)4/h7-8,10-13,19-20,24-25,30-31,33H,9,14-18,21-23H2,1-6H3,(H,38,42)(H,43,44). The molecular formula is C37H51NO6. The normalized spacial score (nSPS) is 13.4. The summed E-state index contributed by atoms with van der Waals surface area (Å²) in [5.41, 5.74) is 4.09. The van der Waals surface area contributed by atoms with Gasteiger partial charge in [0.15, 0.2) is 5.78 Å². The van der Waals surface area contributed by atoms with Crippen LogP contribution in [0, 0.1) is 37.5 Å². The zero-order chi connectivity index (χ0) is 32.8. The van der Waals surface area contributed by atoms with Gasteiger partial charge < -0.3 is 10.4 Å². The van der Waals surface area contributed by atoms with Crippen LogP contribution in [0.3, 0.4) is 0 Å². The van der Waals surface area contributed by atoms with Crippen molar-refractivity contribution in [2.75, 3.05) is 0 Å². The molecule has 0 aromatic heterocycles. The van der Waals surface area contributed by atoms with Gasteiger partial charge in [-0.2, -0.15) is 0 Å². The number of amides is 1. The summed E-state index contributed by atoms with van der Waals surface area (Å²) in [6.07, 6.45) is 2.23. The van der Waals surface area contributed by atoms with Gasteiger partial charge in [0.1, 0.15) is 11.6 Å². The number of Topliss-reactive ketones (excluding diaryl/α,β-unsaturated/α-hetero) is 3. The largest absolute Gasteiger partial charge is 0.481 e. The van der Waals surface area contributed by atoms with Crippen molar-refractivity contribution in [3.8, 4) is 0 Å². The van der Waals surface area contributed by atoms with Gasteiger partial charge >= 0.3 is 5.97 Å². The Morgan fingerprint density at radius 2 is 1.34 bits per heavy atom. The van der Waals surface area contributed by atoms with Crippen LogP contribution in [0.2, 0.25) is 0 Å². The van der Waals surface area contributed by atoms with Crippen molar-refractivity contribution in [3.63, 3.8) is 0 Å². The molecule has 0 aliphatic heterocycles. The second-order valence-corrected chi connectivity index (χ2v) is 13.0. The maximum atomic E-state index is 13.7. The van der Waals surface area contributed by atoms with E-state index in [-0.39, 0.29) is 79.5 Å². The predicted octanol–water partition coefficient (Wildman–Crippen LogP) is 6.64. The third kappa shape index (κ3) is 13.4. The van der Waals surface area contributed by atoms with Crippen LogP contribution in [0.5, 0.6) is 0 Å². The topological polar surface area (TPSA) is 118 Å². The average molecular weight is 606 g/mol. The molecule has 3 atom stereocenters. The van der Waals surface area contributed by atoms with E-state index >= 15 is 0 Å². The molecule has 0 radical (unpaired) electrons. The monoisotopic (exact) mass is 605 g/mol. The summed E-state index contributed by atoms with van der Waals surface area (Å²) in [4.78, 5) is 63.7. The Bertz CT molecular complexity index is 1280. The first-order valence-electron chi connectivity index (χ1n) is 16.0. The van der Waals surface area contributed by atoms with Crippen molar-refractivity contribution >= 4 is 29.2 Å². The zero-order valence-corrected chi connectivity index (χ0v) is 27.4. The summed E-state index contributed by atoms with van der Waals surface area (Å²) in [7, 11) is 0. The van der Waals surface area contributed by atoms with Crippen LogP contribution in [-0.4, -0.2) is 40.4 Å². The molecule has 44 heavy (non-hydrogen) atoms. The van der Waals surface area contributed by atoms with Crippen molar-refractivity contribution in [2.45, 2.75) is 105 Å². The molecule has 2 aromatic rings. The molecule has 0 bridgehead atoms. The smallest absolute Gasteiger partial charge is 0.306 e. The van der Waals surface area contributed by atoms with Crippen LogP contribution in [0.1, 0.15) is 94.9 Å². The number of aliphatic carboxylic acids is 1. The molecule has 0 saturated heterocycles. The van der Waals surface area contributed by atoms with Crippen LogP contribution in [-0.2, 0) is 36.8 Å². The van der Waals surface area contributed by atoms with Crippen LogP contribution in [0.25, 0.3) is 0 Å². The molecule has 2 aromatic carbocycles. The molecule has 7 nitrogen and oxygen atoms in total. The summed E-state index contributed by atoms with van der Waals surface area (Å²) < 4.78 is 0. The minimum absolute atomic E-state index is 0.0311. The van der Waals surface area contributed by atoms with Gasteiger partial charge in [-0.15, -0.1) is 0 Å². The Labute approximate surface area is 263 Å². The van der Waals surface area contributed by atoms with E-state index in [2.05, 4.69) is 25.2 Å². The molecule has 2 N–H and O–H groups in total. The second-order valence-electron chi connectivity index (χ2n) is 13.0. The SMILES string of the molecule is Cc1cccc(CC(CC(C)C)C(=O)NC(Cc2cccc(C)c2)C(=O)CC(CCCC(=O)CCC(=O)C(C)C)C(=O)O)c1. The van der Waals surface area contributed by atoms with Gasteiger partial charge in [0.2, 0.25) is 5.91 Å². The van der Waals surface area contributed by atoms with Gasteiger partial charge in [-0.3, -0.25) is 24.0 Å². The van der Waals surface area contributed by atoms with Crippen LogP contribution in [0.4, 0.5) is 0 Å². The lowest BCUT2D eigenvalue weighted by Crippen LogP contribution is -2.46. The van der Waals surface area contributed by atoms with E-state index in [1.807, 2.05) is 56.3 Å². The van der Waals surface area contributed by atoms with Crippen molar-refractivity contribution in [2.24, 2.45) is 23.7 Å². The zero-order valence-electron chi connectivity index (χ0n) is 27.4. The van der Waals surface area contributed by atoms with E-state index in [9.17, 15) is 29.1 Å². The number of carboxylic acid groups (broad SMARTS) is 1. The maximum Gasteiger partial charge on any atom is 0.306 e. The van der Waals surface area contributed by atoms with Crippen LogP contribution >= 0.6 is 0 Å². The van der Waals surface area contributed by atoms with Crippen molar-refractivity contribution in [3.05, 3.63) is 70.8 Å². The predicted molar refractivity (Wildman–Crippen MR) is 173 cm³/mol. The summed E-state index contributed by atoms with van der Waals surface area (Å²) in [6, 6.07) is 14.9. The highest BCUT2D eigenvalue weighted by molar-refractivity contribution is 5.92. The number of nitrogens with one attached hydrogen (secondary N) is 1. The molecular weight excluding hydrogens is 554 g/mol. The van der Waals surface area contributed by atoms with Crippen LogP contribution in [0.15, 0.2) is 48.5 Å². The first-order valence-corrected chi connectivity index (χ1v) is 16.0. The highest BCUT2D eigenvalue weighted by Crippen LogP contribution is 2.21. The van der Waals surface area contributed by atoms with Gasteiger partial charge in [0.05, 0.1) is 12.0 Å². The Morgan fingerprint density at radius 3 is 1.86 bits per heavy atom. The fourth-order valence-electron chi connectivity index (χ4n) is 5.51. The average Bonchev–Trinajstić information content (AvgIpc) is 2.94. The minimum atomic E-state index is -1.10. The summed E-state index contributed by atoms with van der Waals surface area (Å²) >= 11 is 0. The van der Waals surface area contributed by atoms with Gasteiger partial charge in [-0.1, -0.05) is 87.4 Å². The molecule has 0 heterocycles. The molecule has 0 spiro atoms. The Hall–Kier alpha value is -3.61. The number of carbonyl (C=O) groups is 5. The first-order chi connectivity index (χ1) is 20.7. The lowest BCUT2D eigenvalue weighted by atomic mass is 9.88. The van der Waals surface area contributed by atoms with Crippen molar-refractivity contribution < 1.29 is 29.1 Å². The quantitative estimate of drug-likeness (QED) is 0.175. The third-order valence-electron chi connectivity index (χ3n) is 8.02. The minimum Gasteiger partial charge on any atom is -0.481 e. The van der Waals surface area contributed by atoms with E-state index in [0.717, 1.165) is 22.3 Å². The molecule has 0 aliphatic carbocycles. The maximum absolute atomic E-state index is 13.7. The number of benzene rings is 2. The van der Waals surface area contributed by atoms with Crippen LogP contribution < -0.4 is 5.32 Å². The number of hydrogen-bond acceptors (Lipinski definition) is 5. The Morgan fingerprint density at radius 1 is 0.750 bits per heavy atom. The summed E-state index contributed by atoms with van der Waals surface area (Å²) in [6.45, 7) is 11.7. The fourth-order valence-corrected chi connectivity index (χ4v) is 5.51. The van der Waals surface area contributed by atoms with Crippen molar-refractivity contribution in [1.82, 2.24) is 5.32 Å². The fraction of sp³-hybridized carbons (Fsp3) is 0.541. The van der Waals surface area contributed by atoms with E-state index in [1.165, 1.54) is 0 Å². The lowest BCUT2D eigenvalue weighted by molar-refractivity contribution is -0.144. The molecule has 1 amide bonds. The van der Waals surface area contributed by atoms with E-state index in [1.54, 1.807) is 13.8 Å². The van der Waals surface area contributed by atoms with E-state index < -0.39 is 17.9 Å². The number of ketones is 3. The van der Waals surface area contributed by atoms with E-state index in [0.29, 0.717) is 19.3 Å². The number of aryl methyl sites for hydroxylation is 2. The summed E-state index contributed by atoms with van der Waals surface area (Å²) in [5.74, 6) is -2.85. The highest BCUT2D eigenvalue weighted by Gasteiger charge is 2.30. The van der Waals surface area contributed by atoms with Crippen molar-refractivity contribution in [1.29, 1.82) is 0 Å². The third-order valence-corrected chi connectivity index (χ3v) is 8.02. The molecule has 2 rings (SSSR count). The van der Waals surface area contributed by atoms with E-state index in [4.69, 9.17) is 0 Å². The number of carboxylic acids is 1. The molecule has 0 aliphatic rings. The number of rotatable bonds is 20. The first kappa shape index (κ1) is 36.6. The number of hydrogen-bond donors (Lipinski definition) is 2. The molecule has 3 unspecified atom stereocenters. The Balaban J connectivity index is 2.16. The highest BCUT2D eigenvalue weighted by atomic mass is 16.4. The Kier molecular flexibility index (Phi) is 15.2. The molecule has 0 saturated carbocycles. The summed E-state index contributed by atoms with van der Waals surface area (Å²) in [5, 5.41) is 12.9. The molecule has 0 fully saturated rings. The number of carbonyl (C=O) groups excluding carboxylic acids is 4. The lowest BCUT2D eigenvalue weighted by Gasteiger charge is -2.24. The second kappa shape index (κ2) is 18.3. The van der Waals surface area contributed by atoms with Gasteiger partial charge in [-0.05, 0) is 63.0 Å².